The van der Waals surface area contributed by atoms with Crippen molar-refractivity contribution >= 4 is 15.9 Å². The lowest BCUT2D eigenvalue weighted by atomic mass is 9.98. The van der Waals surface area contributed by atoms with E-state index in [9.17, 15) is 13.2 Å². The minimum absolute atomic E-state index is 0.142. The third-order valence-electron chi connectivity index (χ3n) is 5.85. The highest BCUT2D eigenvalue weighted by Gasteiger charge is 2.32. The number of nitrogens with one attached hydrogen (secondary N) is 1. The summed E-state index contributed by atoms with van der Waals surface area (Å²) < 4.78 is 29.4. The fourth-order valence-electron chi connectivity index (χ4n) is 4.32. The summed E-state index contributed by atoms with van der Waals surface area (Å²) in [6, 6.07) is 12.5. The molecule has 1 heterocycles. The smallest absolute Gasteiger partial charge is 0.241 e. The molecule has 0 aromatic heterocycles. The van der Waals surface area contributed by atoms with Gasteiger partial charge in [-0.15, -0.1) is 0 Å². The fraction of sp³-hybridized carbons (Fsp3) is 0.458. The maximum atomic E-state index is 13.3. The summed E-state index contributed by atoms with van der Waals surface area (Å²) in [5.41, 5.74) is 3.33. The van der Waals surface area contributed by atoms with Crippen molar-refractivity contribution in [3.8, 4) is 0 Å². The molecule has 0 radical (unpaired) electrons. The van der Waals surface area contributed by atoms with Crippen molar-refractivity contribution in [2.75, 3.05) is 13.1 Å². The first-order valence-corrected chi connectivity index (χ1v) is 12.1. The van der Waals surface area contributed by atoms with Gasteiger partial charge in [0.05, 0.1) is 4.90 Å². The summed E-state index contributed by atoms with van der Waals surface area (Å²) in [6.45, 7) is 9.09. The highest BCUT2D eigenvalue weighted by atomic mass is 32.2. The average molecular weight is 429 g/mol. The number of likely N-dealkylation sites (tertiary alicyclic amines) is 1. The number of nitrogens with zero attached hydrogens (tertiary/aromatic N) is 1. The highest BCUT2D eigenvalue weighted by molar-refractivity contribution is 7.89. The van der Waals surface area contributed by atoms with E-state index in [4.69, 9.17) is 0 Å². The van der Waals surface area contributed by atoms with Crippen molar-refractivity contribution in [2.24, 2.45) is 5.92 Å². The van der Waals surface area contributed by atoms with Gasteiger partial charge < -0.3 is 4.90 Å². The van der Waals surface area contributed by atoms with Gasteiger partial charge in [-0.1, -0.05) is 55.0 Å². The molecule has 5 nitrogen and oxygen atoms in total. The third-order valence-corrected chi connectivity index (χ3v) is 7.62. The molecule has 2 aromatic rings. The van der Waals surface area contributed by atoms with Gasteiger partial charge in [-0.3, -0.25) is 4.79 Å². The minimum atomic E-state index is -3.85. The number of rotatable bonds is 6. The van der Waals surface area contributed by atoms with Crippen molar-refractivity contribution < 1.29 is 13.2 Å². The number of carbonyl (C=O) groups excluding carboxylic acids is 1. The van der Waals surface area contributed by atoms with Crippen LogP contribution in [0, 0.1) is 26.7 Å². The molecule has 1 atom stereocenters. The molecular formula is C24H32N2O3S. The predicted octanol–water partition coefficient (Wildman–Crippen LogP) is 3.76. The molecule has 1 saturated heterocycles. The second-order valence-electron chi connectivity index (χ2n) is 8.60. The van der Waals surface area contributed by atoms with Gasteiger partial charge in [-0.05, 0) is 62.6 Å². The van der Waals surface area contributed by atoms with Crippen LogP contribution < -0.4 is 4.72 Å². The maximum absolute atomic E-state index is 13.3. The number of piperidine rings is 1. The topological polar surface area (TPSA) is 66.5 Å². The fourth-order valence-corrected chi connectivity index (χ4v) is 5.96. The van der Waals surface area contributed by atoms with Crippen molar-refractivity contribution in [1.29, 1.82) is 0 Å². The zero-order chi connectivity index (χ0) is 21.9. The first-order valence-electron chi connectivity index (χ1n) is 10.6. The number of hydrogen-bond donors (Lipinski definition) is 1. The molecule has 0 saturated carbocycles. The second kappa shape index (κ2) is 9.31. The van der Waals surface area contributed by atoms with E-state index in [0.29, 0.717) is 36.6 Å². The molecule has 1 aliphatic heterocycles. The summed E-state index contributed by atoms with van der Waals surface area (Å²) in [5.74, 6) is 0.452. The zero-order valence-corrected chi connectivity index (χ0v) is 19.1. The molecule has 1 aliphatic rings. The first-order chi connectivity index (χ1) is 14.2. The molecule has 30 heavy (non-hydrogen) atoms. The Morgan fingerprint density at radius 1 is 1.07 bits per heavy atom. The van der Waals surface area contributed by atoms with Crippen molar-refractivity contribution in [1.82, 2.24) is 9.62 Å². The van der Waals surface area contributed by atoms with Gasteiger partial charge in [0.1, 0.15) is 6.04 Å². The van der Waals surface area contributed by atoms with Crippen LogP contribution in [-0.2, 0) is 21.2 Å². The van der Waals surface area contributed by atoms with Crippen LogP contribution in [0.25, 0.3) is 0 Å². The molecule has 162 valence electrons. The van der Waals surface area contributed by atoms with Crippen molar-refractivity contribution in [3.05, 3.63) is 64.7 Å². The summed E-state index contributed by atoms with van der Waals surface area (Å²) >= 11 is 0. The van der Waals surface area contributed by atoms with Crippen LogP contribution in [0.5, 0.6) is 0 Å². The van der Waals surface area contributed by atoms with Gasteiger partial charge in [-0.25, -0.2) is 8.42 Å². The standard InChI is InChI=1S/C24H32N2O3S/c1-17-10-12-26(13-11-17)24(27)22(16-21-8-6-5-7-9-21)25-30(28,29)23-19(3)14-18(2)15-20(23)4/h5-9,14-15,17,22,25H,10-13,16H2,1-4H3/t22-/m0/s1. The van der Waals surface area contributed by atoms with E-state index in [-0.39, 0.29) is 10.8 Å². The van der Waals surface area contributed by atoms with Crippen LogP contribution in [0.1, 0.15) is 42.0 Å². The van der Waals surface area contributed by atoms with Crippen LogP contribution in [0.2, 0.25) is 0 Å². The molecule has 1 fully saturated rings. The maximum Gasteiger partial charge on any atom is 0.241 e. The predicted molar refractivity (Wildman–Crippen MR) is 120 cm³/mol. The molecule has 1 amide bonds. The molecule has 1 N–H and O–H groups in total. The molecule has 2 aromatic carbocycles. The Morgan fingerprint density at radius 3 is 2.20 bits per heavy atom. The van der Waals surface area contributed by atoms with Crippen LogP contribution in [-0.4, -0.2) is 38.4 Å². The van der Waals surface area contributed by atoms with E-state index < -0.39 is 16.1 Å². The molecule has 0 aliphatic carbocycles. The van der Waals surface area contributed by atoms with E-state index >= 15 is 0 Å². The van der Waals surface area contributed by atoms with Crippen molar-refractivity contribution in [3.63, 3.8) is 0 Å². The molecule has 6 heteroatoms. The largest absolute Gasteiger partial charge is 0.341 e. The Bertz CT molecular complexity index is 971. The summed E-state index contributed by atoms with van der Waals surface area (Å²) in [5, 5.41) is 0. The van der Waals surface area contributed by atoms with E-state index in [2.05, 4.69) is 11.6 Å². The number of amides is 1. The Kier molecular flexibility index (Phi) is 6.98. The summed E-state index contributed by atoms with van der Waals surface area (Å²) in [7, 11) is -3.85. The Balaban J connectivity index is 1.91. The Morgan fingerprint density at radius 2 is 1.63 bits per heavy atom. The Labute approximate surface area is 180 Å². The van der Waals surface area contributed by atoms with Crippen LogP contribution in [0.4, 0.5) is 0 Å². The summed E-state index contributed by atoms with van der Waals surface area (Å²) in [4.78, 5) is 15.4. The molecule has 0 spiro atoms. The molecule has 0 bridgehead atoms. The van der Waals surface area contributed by atoms with Gasteiger partial charge in [0.25, 0.3) is 0 Å². The minimum Gasteiger partial charge on any atom is -0.341 e. The van der Waals surface area contributed by atoms with E-state index in [1.807, 2.05) is 54.3 Å². The quantitative estimate of drug-likeness (QED) is 0.762. The summed E-state index contributed by atoms with van der Waals surface area (Å²) in [6.07, 6.45) is 2.23. The lowest BCUT2D eigenvalue weighted by Crippen LogP contribution is -2.51. The number of hydrogen-bond acceptors (Lipinski definition) is 3. The van der Waals surface area contributed by atoms with Crippen LogP contribution in [0.15, 0.2) is 47.4 Å². The number of benzene rings is 2. The first kappa shape index (κ1) is 22.5. The van der Waals surface area contributed by atoms with Gasteiger partial charge >= 0.3 is 0 Å². The molecular weight excluding hydrogens is 396 g/mol. The third kappa shape index (κ3) is 5.29. The van der Waals surface area contributed by atoms with Gasteiger partial charge in [-0.2, -0.15) is 4.72 Å². The van der Waals surface area contributed by atoms with Gasteiger partial charge in [0.15, 0.2) is 0 Å². The number of aryl methyl sites for hydroxylation is 3. The lowest BCUT2D eigenvalue weighted by Gasteiger charge is -2.33. The molecule has 0 unspecified atom stereocenters. The normalized spacial score (nSPS) is 16.5. The average Bonchev–Trinajstić information content (AvgIpc) is 2.67. The SMILES string of the molecule is Cc1cc(C)c(S(=O)(=O)N[C@@H](Cc2ccccc2)C(=O)N2CCC(C)CC2)c(C)c1. The zero-order valence-electron chi connectivity index (χ0n) is 18.3. The van der Waals surface area contributed by atoms with Gasteiger partial charge in [0.2, 0.25) is 15.9 Å². The monoisotopic (exact) mass is 428 g/mol. The lowest BCUT2D eigenvalue weighted by molar-refractivity contribution is -0.134. The highest BCUT2D eigenvalue weighted by Crippen LogP contribution is 2.23. The van der Waals surface area contributed by atoms with Crippen LogP contribution in [0.3, 0.4) is 0 Å². The molecule has 3 rings (SSSR count). The second-order valence-corrected chi connectivity index (χ2v) is 10.3. The van der Waals surface area contributed by atoms with Gasteiger partial charge in [0, 0.05) is 13.1 Å². The van der Waals surface area contributed by atoms with E-state index in [1.54, 1.807) is 13.8 Å². The van der Waals surface area contributed by atoms with Crippen molar-refractivity contribution in [2.45, 2.75) is 57.9 Å². The Hall–Kier alpha value is -2.18. The number of sulfonamides is 1. The van der Waals surface area contributed by atoms with E-state index in [0.717, 1.165) is 24.0 Å². The van der Waals surface area contributed by atoms with E-state index in [1.165, 1.54) is 0 Å². The number of carbonyl (C=O) groups is 1. The van der Waals surface area contributed by atoms with Crippen LogP contribution >= 0.6 is 0 Å².